The molecular formula is C21H32N4O2S. The molecule has 0 spiro atoms. The van der Waals surface area contributed by atoms with Gasteiger partial charge >= 0.3 is 0 Å². The number of rotatable bonds is 5. The van der Waals surface area contributed by atoms with E-state index in [4.69, 9.17) is 4.74 Å². The van der Waals surface area contributed by atoms with E-state index in [-0.39, 0.29) is 5.91 Å². The quantitative estimate of drug-likeness (QED) is 0.829. The van der Waals surface area contributed by atoms with Gasteiger partial charge in [-0.15, -0.1) is 11.3 Å². The molecule has 1 aliphatic heterocycles. The average Bonchev–Trinajstić information content (AvgIpc) is 3.24. The summed E-state index contributed by atoms with van der Waals surface area (Å²) in [5, 5.41) is 9.05. The van der Waals surface area contributed by atoms with Crippen molar-refractivity contribution in [3.8, 4) is 0 Å². The van der Waals surface area contributed by atoms with Gasteiger partial charge in [0.2, 0.25) is 0 Å². The maximum absolute atomic E-state index is 12.9. The van der Waals surface area contributed by atoms with E-state index < -0.39 is 0 Å². The second-order valence-corrected chi connectivity index (χ2v) is 9.65. The molecule has 0 aromatic carbocycles. The number of thiophene rings is 1. The largest absolute Gasteiger partial charge is 0.379 e. The molecule has 0 bridgehead atoms. The maximum atomic E-state index is 12.9. The number of aryl methyl sites for hydroxylation is 1. The molecule has 0 atom stereocenters. The van der Waals surface area contributed by atoms with E-state index in [2.05, 4.69) is 33.8 Å². The number of fused-ring (bicyclic) bond motifs is 1. The Morgan fingerprint density at radius 2 is 2.00 bits per heavy atom. The van der Waals surface area contributed by atoms with Crippen LogP contribution in [-0.4, -0.2) is 59.0 Å². The average molecular weight is 405 g/mol. The standard InChI is InChI=1S/C21H32N4O2S/c1-14(2)13-25-21-18(15(3)23-25)12-19(28-21)20(26)22-16-4-6-17(7-5-16)24-8-10-27-11-9-24/h12,14,16-17H,4-11,13H2,1-3H3,(H,22,26). The molecule has 1 N–H and O–H groups in total. The van der Waals surface area contributed by atoms with E-state index >= 15 is 0 Å². The van der Waals surface area contributed by atoms with Crippen LogP contribution in [0.4, 0.5) is 0 Å². The number of nitrogens with one attached hydrogen (secondary N) is 1. The Morgan fingerprint density at radius 3 is 2.68 bits per heavy atom. The first-order valence-corrected chi connectivity index (χ1v) is 11.4. The Hall–Kier alpha value is -1.44. The fraction of sp³-hybridized carbons (Fsp3) is 0.714. The Morgan fingerprint density at radius 1 is 1.29 bits per heavy atom. The molecule has 4 rings (SSSR count). The van der Waals surface area contributed by atoms with Crippen molar-refractivity contribution in [3.05, 3.63) is 16.6 Å². The molecule has 3 heterocycles. The number of hydrogen-bond donors (Lipinski definition) is 1. The lowest BCUT2D eigenvalue weighted by Gasteiger charge is -2.38. The highest BCUT2D eigenvalue weighted by molar-refractivity contribution is 7.20. The zero-order chi connectivity index (χ0) is 19.7. The van der Waals surface area contributed by atoms with Gasteiger partial charge < -0.3 is 10.1 Å². The summed E-state index contributed by atoms with van der Waals surface area (Å²) in [5.74, 6) is 0.607. The van der Waals surface area contributed by atoms with Gasteiger partial charge in [-0.3, -0.25) is 14.4 Å². The van der Waals surface area contributed by atoms with Crippen LogP contribution in [0.15, 0.2) is 6.07 Å². The van der Waals surface area contributed by atoms with Crippen molar-refractivity contribution >= 4 is 27.5 Å². The summed E-state index contributed by atoms with van der Waals surface area (Å²) < 4.78 is 7.53. The van der Waals surface area contributed by atoms with Crippen LogP contribution < -0.4 is 5.32 Å². The molecule has 2 aliphatic rings. The molecule has 0 unspecified atom stereocenters. The molecule has 1 aliphatic carbocycles. The summed E-state index contributed by atoms with van der Waals surface area (Å²) >= 11 is 1.57. The zero-order valence-electron chi connectivity index (χ0n) is 17.2. The van der Waals surface area contributed by atoms with Crippen molar-refractivity contribution in [3.63, 3.8) is 0 Å². The number of ether oxygens (including phenoxy) is 1. The number of carbonyl (C=O) groups excluding carboxylic acids is 1. The van der Waals surface area contributed by atoms with Crippen LogP contribution in [0.1, 0.15) is 54.9 Å². The Bertz CT molecular complexity index is 814. The smallest absolute Gasteiger partial charge is 0.261 e. The van der Waals surface area contributed by atoms with Gasteiger partial charge in [-0.05, 0) is 44.6 Å². The number of nitrogens with zero attached hydrogens (tertiary/aromatic N) is 3. The maximum Gasteiger partial charge on any atom is 0.261 e. The highest BCUT2D eigenvalue weighted by Gasteiger charge is 2.28. The molecule has 1 saturated carbocycles. The van der Waals surface area contributed by atoms with E-state index in [1.807, 2.05) is 13.0 Å². The van der Waals surface area contributed by atoms with E-state index in [1.54, 1.807) is 11.3 Å². The van der Waals surface area contributed by atoms with Crippen molar-refractivity contribution in [1.82, 2.24) is 20.0 Å². The summed E-state index contributed by atoms with van der Waals surface area (Å²) in [5.41, 5.74) is 1.01. The lowest BCUT2D eigenvalue weighted by Crippen LogP contribution is -2.47. The van der Waals surface area contributed by atoms with Gasteiger partial charge in [-0.2, -0.15) is 5.10 Å². The third kappa shape index (κ3) is 4.26. The summed E-state index contributed by atoms with van der Waals surface area (Å²) in [6.45, 7) is 11.1. The SMILES string of the molecule is Cc1nn(CC(C)C)c2sc(C(=O)NC3CCC(N4CCOCC4)CC3)cc12. The van der Waals surface area contributed by atoms with Crippen LogP contribution in [0, 0.1) is 12.8 Å². The molecule has 6 nitrogen and oxygen atoms in total. The molecular weight excluding hydrogens is 372 g/mol. The Balaban J connectivity index is 1.36. The number of carbonyl (C=O) groups is 1. The van der Waals surface area contributed by atoms with Crippen LogP contribution in [0.2, 0.25) is 0 Å². The lowest BCUT2D eigenvalue weighted by molar-refractivity contribution is 0.00665. The molecule has 1 saturated heterocycles. The van der Waals surface area contributed by atoms with E-state index in [9.17, 15) is 4.79 Å². The minimum absolute atomic E-state index is 0.0755. The highest BCUT2D eigenvalue weighted by atomic mass is 32.1. The fourth-order valence-corrected chi connectivity index (χ4v) is 5.55. The van der Waals surface area contributed by atoms with Crippen LogP contribution in [0.5, 0.6) is 0 Å². The van der Waals surface area contributed by atoms with Crippen LogP contribution >= 0.6 is 11.3 Å². The van der Waals surface area contributed by atoms with Crippen molar-refractivity contribution in [1.29, 1.82) is 0 Å². The van der Waals surface area contributed by atoms with Crippen molar-refractivity contribution < 1.29 is 9.53 Å². The minimum Gasteiger partial charge on any atom is -0.379 e. The summed E-state index contributed by atoms with van der Waals surface area (Å²) in [7, 11) is 0. The van der Waals surface area contributed by atoms with Gasteiger partial charge in [0.25, 0.3) is 5.91 Å². The fourth-order valence-electron chi connectivity index (χ4n) is 4.48. The van der Waals surface area contributed by atoms with Gasteiger partial charge in [0, 0.05) is 37.1 Å². The molecule has 2 fully saturated rings. The number of aromatic nitrogens is 2. The molecule has 0 radical (unpaired) electrons. The van der Waals surface area contributed by atoms with E-state index in [1.165, 1.54) is 12.8 Å². The van der Waals surface area contributed by atoms with Gasteiger partial charge in [0.05, 0.1) is 23.8 Å². The highest BCUT2D eigenvalue weighted by Crippen LogP contribution is 2.30. The molecule has 2 aromatic heterocycles. The van der Waals surface area contributed by atoms with Crippen LogP contribution in [0.3, 0.4) is 0 Å². The van der Waals surface area contributed by atoms with Crippen molar-refractivity contribution in [2.45, 2.75) is 65.1 Å². The lowest BCUT2D eigenvalue weighted by atomic mass is 9.90. The van der Waals surface area contributed by atoms with Crippen molar-refractivity contribution in [2.24, 2.45) is 5.92 Å². The normalized spacial score (nSPS) is 24.1. The van der Waals surface area contributed by atoms with Gasteiger partial charge in [0.1, 0.15) is 4.83 Å². The molecule has 2 aromatic rings. The van der Waals surface area contributed by atoms with Gasteiger partial charge in [-0.1, -0.05) is 13.8 Å². The summed E-state index contributed by atoms with van der Waals surface area (Å²) in [6.07, 6.45) is 4.47. The van der Waals surface area contributed by atoms with Gasteiger partial charge in [0.15, 0.2) is 0 Å². The van der Waals surface area contributed by atoms with E-state index in [0.29, 0.717) is 18.0 Å². The van der Waals surface area contributed by atoms with Crippen LogP contribution in [-0.2, 0) is 11.3 Å². The third-order valence-corrected chi connectivity index (χ3v) is 7.11. The molecule has 7 heteroatoms. The van der Waals surface area contributed by atoms with E-state index in [0.717, 1.165) is 66.5 Å². The first-order chi connectivity index (χ1) is 13.5. The first-order valence-electron chi connectivity index (χ1n) is 10.6. The number of hydrogen-bond acceptors (Lipinski definition) is 5. The third-order valence-electron chi connectivity index (χ3n) is 5.96. The predicted molar refractivity (Wildman–Crippen MR) is 113 cm³/mol. The van der Waals surface area contributed by atoms with Crippen molar-refractivity contribution in [2.75, 3.05) is 26.3 Å². The number of morpholine rings is 1. The predicted octanol–water partition coefficient (Wildman–Crippen LogP) is 3.44. The Labute approximate surface area is 171 Å². The Kier molecular flexibility index (Phi) is 6.04. The second kappa shape index (κ2) is 8.51. The second-order valence-electron chi connectivity index (χ2n) is 8.62. The monoisotopic (exact) mass is 404 g/mol. The topological polar surface area (TPSA) is 59.4 Å². The zero-order valence-corrected chi connectivity index (χ0v) is 18.1. The first kappa shape index (κ1) is 19.9. The minimum atomic E-state index is 0.0755. The molecule has 28 heavy (non-hydrogen) atoms. The summed E-state index contributed by atoms with van der Waals surface area (Å²) in [6, 6.07) is 2.97. The molecule has 154 valence electrons. The number of amides is 1. The summed E-state index contributed by atoms with van der Waals surface area (Å²) in [4.78, 5) is 17.3. The van der Waals surface area contributed by atoms with Crippen LogP contribution in [0.25, 0.3) is 10.2 Å². The van der Waals surface area contributed by atoms with Gasteiger partial charge in [-0.25, -0.2) is 0 Å². The molecule has 1 amide bonds.